The van der Waals surface area contributed by atoms with Gasteiger partial charge in [-0.15, -0.1) is 0 Å². The monoisotopic (exact) mass is 256 g/mol. The smallest absolute Gasteiger partial charge is 0.310 e. The van der Waals surface area contributed by atoms with Crippen LogP contribution >= 0.6 is 0 Å². The van der Waals surface area contributed by atoms with Crippen LogP contribution < -0.4 is 0 Å². The molecule has 0 spiro atoms. The Morgan fingerprint density at radius 3 is 2.56 bits per heavy atom. The average molecular weight is 256 g/mol. The highest BCUT2D eigenvalue weighted by atomic mass is 19.1. The van der Waals surface area contributed by atoms with E-state index in [0.29, 0.717) is 26.1 Å². The summed E-state index contributed by atoms with van der Waals surface area (Å²) in [5.41, 5.74) is -0.766. The Morgan fingerprint density at radius 1 is 1.33 bits per heavy atom. The van der Waals surface area contributed by atoms with Gasteiger partial charge in [-0.05, 0) is 30.9 Å². The number of halogens is 2. The summed E-state index contributed by atoms with van der Waals surface area (Å²) in [6.07, 6.45) is 0.760. The van der Waals surface area contributed by atoms with E-state index in [9.17, 15) is 18.7 Å². The molecule has 0 saturated carbocycles. The van der Waals surface area contributed by atoms with Crippen LogP contribution in [0.15, 0.2) is 18.2 Å². The van der Waals surface area contributed by atoms with Crippen LogP contribution in [-0.4, -0.2) is 24.3 Å². The Labute approximate surface area is 103 Å². The van der Waals surface area contributed by atoms with Crippen molar-refractivity contribution in [1.82, 2.24) is 0 Å². The normalized spacial score (nSPS) is 18.6. The molecule has 3 nitrogen and oxygen atoms in total. The van der Waals surface area contributed by atoms with Crippen LogP contribution in [-0.2, 0) is 16.0 Å². The fourth-order valence-corrected chi connectivity index (χ4v) is 2.26. The molecule has 0 amide bonds. The molecule has 0 atom stereocenters. The van der Waals surface area contributed by atoms with E-state index in [0.717, 1.165) is 12.1 Å². The molecule has 0 aromatic heterocycles. The van der Waals surface area contributed by atoms with Gasteiger partial charge in [-0.1, -0.05) is 6.07 Å². The third-order valence-electron chi connectivity index (χ3n) is 3.45. The number of carbonyl (C=O) groups is 1. The first-order valence-corrected chi connectivity index (χ1v) is 5.79. The highest BCUT2D eigenvalue weighted by Crippen LogP contribution is 2.35. The van der Waals surface area contributed by atoms with Crippen LogP contribution in [0.2, 0.25) is 0 Å². The van der Waals surface area contributed by atoms with Gasteiger partial charge in [0.05, 0.1) is 5.41 Å². The summed E-state index contributed by atoms with van der Waals surface area (Å²) in [7, 11) is 0. The molecule has 1 N–H and O–H groups in total. The Morgan fingerprint density at radius 2 is 2.00 bits per heavy atom. The van der Waals surface area contributed by atoms with E-state index in [1.807, 2.05) is 0 Å². The summed E-state index contributed by atoms with van der Waals surface area (Å²) in [5.74, 6) is -2.30. The van der Waals surface area contributed by atoms with Crippen molar-refractivity contribution in [2.75, 3.05) is 13.2 Å². The van der Waals surface area contributed by atoms with Crippen molar-refractivity contribution in [3.63, 3.8) is 0 Å². The van der Waals surface area contributed by atoms with Gasteiger partial charge in [-0.25, -0.2) is 8.78 Å². The second-order valence-corrected chi connectivity index (χ2v) is 4.61. The molecule has 2 rings (SSSR count). The van der Waals surface area contributed by atoms with Gasteiger partial charge in [0.25, 0.3) is 0 Å². The second-order valence-electron chi connectivity index (χ2n) is 4.61. The van der Waals surface area contributed by atoms with Gasteiger partial charge in [0.15, 0.2) is 0 Å². The third kappa shape index (κ3) is 2.51. The molecule has 5 heteroatoms. The van der Waals surface area contributed by atoms with Crippen molar-refractivity contribution in [3.8, 4) is 0 Å². The van der Waals surface area contributed by atoms with Crippen LogP contribution in [0.4, 0.5) is 8.78 Å². The highest BCUT2D eigenvalue weighted by molar-refractivity contribution is 5.75. The Bertz CT molecular complexity index is 454. The fraction of sp³-hybridized carbons (Fsp3) is 0.462. The lowest BCUT2D eigenvalue weighted by Crippen LogP contribution is -2.39. The third-order valence-corrected chi connectivity index (χ3v) is 3.45. The Hall–Kier alpha value is -1.49. The molecule has 1 aromatic rings. The zero-order valence-corrected chi connectivity index (χ0v) is 9.79. The summed E-state index contributed by atoms with van der Waals surface area (Å²) in [6.45, 7) is 0.713. The predicted molar refractivity (Wildman–Crippen MR) is 60.2 cm³/mol. The van der Waals surface area contributed by atoms with Crippen molar-refractivity contribution in [2.45, 2.75) is 19.3 Å². The van der Waals surface area contributed by atoms with Gasteiger partial charge in [0, 0.05) is 19.3 Å². The number of carboxylic acids is 1. The first-order valence-electron chi connectivity index (χ1n) is 5.79. The first-order chi connectivity index (χ1) is 8.53. The van der Waals surface area contributed by atoms with E-state index in [2.05, 4.69) is 0 Å². The zero-order chi connectivity index (χ0) is 13.2. The summed E-state index contributed by atoms with van der Waals surface area (Å²) < 4.78 is 31.5. The molecule has 0 unspecified atom stereocenters. The molecule has 1 aliphatic heterocycles. The number of rotatable bonds is 3. The quantitative estimate of drug-likeness (QED) is 0.903. The predicted octanol–water partition coefficient (Wildman–Crippen LogP) is 2.39. The molecule has 1 heterocycles. The van der Waals surface area contributed by atoms with Crippen molar-refractivity contribution in [1.29, 1.82) is 0 Å². The lowest BCUT2D eigenvalue weighted by atomic mass is 9.75. The number of hydrogen-bond donors (Lipinski definition) is 1. The molecule has 0 radical (unpaired) electrons. The summed E-state index contributed by atoms with van der Waals surface area (Å²) in [5, 5.41) is 9.34. The fourth-order valence-electron chi connectivity index (χ4n) is 2.26. The van der Waals surface area contributed by atoms with Crippen LogP contribution in [0.1, 0.15) is 18.4 Å². The molecule has 1 fully saturated rings. The van der Waals surface area contributed by atoms with Gasteiger partial charge >= 0.3 is 5.97 Å². The molecule has 18 heavy (non-hydrogen) atoms. The van der Waals surface area contributed by atoms with Crippen LogP contribution in [0.25, 0.3) is 0 Å². The van der Waals surface area contributed by atoms with E-state index in [1.54, 1.807) is 0 Å². The first kappa shape index (κ1) is 13.0. The molecular weight excluding hydrogens is 242 g/mol. The number of ether oxygens (including phenoxy) is 1. The summed E-state index contributed by atoms with van der Waals surface area (Å²) in [6, 6.07) is 3.24. The number of benzene rings is 1. The van der Waals surface area contributed by atoms with Gasteiger partial charge in [0.2, 0.25) is 0 Å². The number of carboxylic acid groups (broad SMARTS) is 1. The number of aliphatic carboxylic acids is 1. The molecule has 1 aromatic carbocycles. The summed E-state index contributed by atoms with van der Waals surface area (Å²) in [4.78, 5) is 11.4. The number of hydrogen-bond acceptors (Lipinski definition) is 2. The van der Waals surface area contributed by atoms with E-state index in [-0.39, 0.29) is 12.0 Å². The molecule has 0 aliphatic carbocycles. The maximum atomic E-state index is 13.6. The average Bonchev–Trinajstić information content (AvgIpc) is 2.34. The van der Waals surface area contributed by atoms with Gasteiger partial charge in [-0.3, -0.25) is 4.79 Å². The minimum Gasteiger partial charge on any atom is -0.481 e. The Kier molecular flexibility index (Phi) is 3.61. The largest absolute Gasteiger partial charge is 0.481 e. The molecule has 1 aliphatic rings. The lowest BCUT2D eigenvalue weighted by Gasteiger charge is -2.33. The summed E-state index contributed by atoms with van der Waals surface area (Å²) >= 11 is 0. The minimum atomic E-state index is -1.00. The zero-order valence-electron chi connectivity index (χ0n) is 9.79. The van der Waals surface area contributed by atoms with Crippen LogP contribution in [0, 0.1) is 17.0 Å². The van der Waals surface area contributed by atoms with Crippen LogP contribution in [0.5, 0.6) is 0 Å². The van der Waals surface area contributed by atoms with Crippen molar-refractivity contribution >= 4 is 5.97 Å². The maximum Gasteiger partial charge on any atom is 0.310 e. The van der Waals surface area contributed by atoms with Gasteiger partial charge < -0.3 is 9.84 Å². The molecule has 98 valence electrons. The molecule has 1 saturated heterocycles. The molecular formula is C13H14F2O3. The topological polar surface area (TPSA) is 46.5 Å². The molecule has 0 bridgehead atoms. The maximum absolute atomic E-state index is 13.6. The van der Waals surface area contributed by atoms with Crippen molar-refractivity contribution in [2.24, 2.45) is 5.41 Å². The van der Waals surface area contributed by atoms with E-state index in [4.69, 9.17) is 4.74 Å². The van der Waals surface area contributed by atoms with E-state index >= 15 is 0 Å². The standard InChI is InChI=1S/C13H14F2O3/c14-10-2-1-9(11(15)7-10)8-13(12(16)17)3-5-18-6-4-13/h1-2,7H,3-6,8H2,(H,16,17). The minimum absolute atomic E-state index is 0.0673. The SMILES string of the molecule is O=C(O)C1(Cc2ccc(F)cc2F)CCOCC1. The lowest BCUT2D eigenvalue weighted by molar-refractivity contribution is -0.154. The second kappa shape index (κ2) is 5.02. The Balaban J connectivity index is 2.26. The van der Waals surface area contributed by atoms with Gasteiger partial charge in [-0.2, -0.15) is 0 Å². The van der Waals surface area contributed by atoms with Crippen LogP contribution in [0.3, 0.4) is 0 Å². The highest BCUT2D eigenvalue weighted by Gasteiger charge is 2.40. The van der Waals surface area contributed by atoms with E-state index < -0.39 is 23.0 Å². The van der Waals surface area contributed by atoms with Gasteiger partial charge in [0.1, 0.15) is 11.6 Å². The van der Waals surface area contributed by atoms with Crippen molar-refractivity contribution in [3.05, 3.63) is 35.4 Å². The van der Waals surface area contributed by atoms with Crippen molar-refractivity contribution < 1.29 is 23.4 Å². The van der Waals surface area contributed by atoms with E-state index in [1.165, 1.54) is 6.07 Å².